The van der Waals surface area contributed by atoms with Crippen molar-refractivity contribution in [3.8, 4) is 0 Å². The Labute approximate surface area is 375 Å². The van der Waals surface area contributed by atoms with Crippen LogP contribution < -0.4 is 0 Å². The number of nitrogens with zero attached hydrogens (tertiary/aromatic N) is 1. The van der Waals surface area contributed by atoms with Gasteiger partial charge in [0.1, 0.15) is 19.3 Å². The van der Waals surface area contributed by atoms with E-state index in [2.05, 4.69) is 38.2 Å². The van der Waals surface area contributed by atoms with Crippen LogP contribution in [0.3, 0.4) is 0 Å². The zero-order valence-electron chi connectivity index (χ0n) is 41.0. The SMILES string of the molecule is CCCCCCCC/C=C\CCCCCCCCCCCCOCC(COP(=O)(O)OCC[N+](C)(C)C)OCCCCCCCCCCCC/C=C\CCCCCCCC. The highest BCUT2D eigenvalue weighted by Crippen LogP contribution is 2.43. The van der Waals surface area contributed by atoms with Crippen LogP contribution in [0.25, 0.3) is 0 Å². The summed E-state index contributed by atoms with van der Waals surface area (Å²) >= 11 is 0. The average molecular weight is 871 g/mol. The molecule has 0 saturated carbocycles. The van der Waals surface area contributed by atoms with Gasteiger partial charge < -0.3 is 18.9 Å². The van der Waals surface area contributed by atoms with Crippen LogP contribution in [-0.4, -0.2) is 76.2 Å². The summed E-state index contributed by atoms with van der Waals surface area (Å²) < 4.78 is 35.9. The summed E-state index contributed by atoms with van der Waals surface area (Å²) in [7, 11) is 1.91. The van der Waals surface area contributed by atoms with Crippen LogP contribution in [0.5, 0.6) is 0 Å². The second kappa shape index (κ2) is 46.5. The lowest BCUT2D eigenvalue weighted by molar-refractivity contribution is -0.870. The summed E-state index contributed by atoms with van der Waals surface area (Å²) in [5.41, 5.74) is 0. The Balaban J connectivity index is 4.00. The molecular formula is C52H105NO6P+. The maximum Gasteiger partial charge on any atom is 0.472 e. The Kier molecular flexibility index (Phi) is 46.1. The highest BCUT2D eigenvalue weighted by molar-refractivity contribution is 7.47. The zero-order chi connectivity index (χ0) is 43.9. The number of unbranched alkanes of at least 4 members (excludes halogenated alkanes) is 32. The predicted octanol–water partition coefficient (Wildman–Crippen LogP) is 16.4. The largest absolute Gasteiger partial charge is 0.472 e. The lowest BCUT2D eigenvalue weighted by atomic mass is 10.1. The number of allylic oxidation sites excluding steroid dienone is 4. The highest BCUT2D eigenvalue weighted by atomic mass is 31.2. The predicted molar refractivity (Wildman–Crippen MR) is 261 cm³/mol. The summed E-state index contributed by atoms with van der Waals surface area (Å²) in [6.07, 6.45) is 56.6. The molecule has 0 saturated heterocycles. The lowest BCUT2D eigenvalue weighted by Gasteiger charge is -2.24. The van der Waals surface area contributed by atoms with Gasteiger partial charge in [0, 0.05) is 13.2 Å². The Bertz CT molecular complexity index is 953. The second-order valence-corrected chi connectivity index (χ2v) is 20.3. The van der Waals surface area contributed by atoms with E-state index in [1.807, 2.05) is 21.1 Å². The first-order chi connectivity index (χ1) is 29.2. The van der Waals surface area contributed by atoms with Gasteiger partial charge in [-0.3, -0.25) is 9.05 Å². The van der Waals surface area contributed by atoms with Crippen molar-refractivity contribution in [1.82, 2.24) is 0 Å². The van der Waals surface area contributed by atoms with E-state index in [0.717, 1.165) is 19.3 Å². The Morgan fingerprint density at radius 3 is 1.13 bits per heavy atom. The third kappa shape index (κ3) is 50.1. The first-order valence-corrected chi connectivity index (χ1v) is 27.6. The number of quaternary nitrogens is 1. The van der Waals surface area contributed by atoms with Crippen LogP contribution in [0.2, 0.25) is 0 Å². The van der Waals surface area contributed by atoms with Crippen LogP contribution in [0.4, 0.5) is 0 Å². The number of hydrogen-bond acceptors (Lipinski definition) is 5. The molecular weight excluding hydrogens is 766 g/mol. The molecule has 0 bridgehead atoms. The Morgan fingerprint density at radius 1 is 0.433 bits per heavy atom. The summed E-state index contributed by atoms with van der Waals surface area (Å²) in [6.45, 7) is 6.99. The Hall–Kier alpha value is -0.530. The fourth-order valence-corrected chi connectivity index (χ4v) is 8.21. The molecule has 7 nitrogen and oxygen atoms in total. The van der Waals surface area contributed by atoms with Crippen LogP contribution in [0.1, 0.15) is 245 Å². The van der Waals surface area contributed by atoms with Gasteiger partial charge in [0.05, 0.1) is 34.4 Å². The molecule has 60 heavy (non-hydrogen) atoms. The van der Waals surface area contributed by atoms with Gasteiger partial charge in [-0.1, -0.05) is 205 Å². The minimum absolute atomic E-state index is 0.0103. The summed E-state index contributed by atoms with van der Waals surface area (Å²) in [6, 6.07) is 0. The summed E-state index contributed by atoms with van der Waals surface area (Å²) in [4.78, 5) is 10.3. The van der Waals surface area contributed by atoms with Gasteiger partial charge in [0.15, 0.2) is 0 Å². The molecule has 0 aromatic rings. The number of rotatable bonds is 50. The molecule has 0 radical (unpaired) electrons. The van der Waals surface area contributed by atoms with Gasteiger partial charge in [-0.05, 0) is 64.2 Å². The molecule has 0 heterocycles. The molecule has 0 fully saturated rings. The van der Waals surface area contributed by atoms with Gasteiger partial charge in [0.2, 0.25) is 0 Å². The normalized spacial score (nSPS) is 13.9. The molecule has 0 aliphatic carbocycles. The van der Waals surface area contributed by atoms with E-state index in [0.29, 0.717) is 30.8 Å². The molecule has 8 heteroatoms. The van der Waals surface area contributed by atoms with Gasteiger partial charge in [0.25, 0.3) is 0 Å². The molecule has 2 atom stereocenters. The van der Waals surface area contributed by atoms with Crippen molar-refractivity contribution in [1.29, 1.82) is 0 Å². The number of ether oxygens (including phenoxy) is 2. The van der Waals surface area contributed by atoms with Crippen molar-refractivity contribution in [3.05, 3.63) is 24.3 Å². The molecule has 0 amide bonds. The molecule has 358 valence electrons. The van der Waals surface area contributed by atoms with Crippen molar-refractivity contribution in [2.75, 3.05) is 60.7 Å². The molecule has 0 rings (SSSR count). The molecule has 0 aromatic heterocycles. The van der Waals surface area contributed by atoms with Crippen molar-refractivity contribution >= 4 is 7.82 Å². The van der Waals surface area contributed by atoms with Crippen LogP contribution >= 0.6 is 7.82 Å². The number of likely N-dealkylation sites (N-methyl/N-ethyl adjacent to an activating group) is 1. The summed E-state index contributed by atoms with van der Waals surface area (Å²) in [5, 5.41) is 0. The van der Waals surface area contributed by atoms with Crippen molar-refractivity contribution in [2.45, 2.75) is 251 Å². The van der Waals surface area contributed by atoms with E-state index >= 15 is 0 Å². The zero-order valence-corrected chi connectivity index (χ0v) is 41.9. The molecule has 0 aromatic carbocycles. The van der Waals surface area contributed by atoms with Crippen LogP contribution in [0, 0.1) is 0 Å². The highest BCUT2D eigenvalue weighted by Gasteiger charge is 2.25. The fourth-order valence-electron chi connectivity index (χ4n) is 7.47. The number of phosphoric ester groups is 1. The standard InChI is InChI=1S/C52H104NO6P/c1-6-8-10-12-14-16-18-20-22-24-26-28-30-32-34-36-38-40-42-44-47-56-50-52(51-59-60(54,55)58-49-46-53(3,4)5)57-48-45-43-41-39-37-35-33-31-29-27-25-23-21-19-17-15-13-11-9-7-2/h20-23,52H,6-19,24-51H2,1-5H3/p+1/b22-20-,23-21-. The van der Waals surface area contributed by atoms with E-state index in [9.17, 15) is 9.46 Å². The van der Waals surface area contributed by atoms with E-state index in [4.69, 9.17) is 18.5 Å². The van der Waals surface area contributed by atoms with Crippen LogP contribution in [0.15, 0.2) is 24.3 Å². The number of hydrogen-bond donors (Lipinski definition) is 1. The minimum atomic E-state index is -4.15. The van der Waals surface area contributed by atoms with E-state index in [-0.39, 0.29) is 19.3 Å². The van der Waals surface area contributed by atoms with Gasteiger partial charge in [-0.2, -0.15) is 0 Å². The van der Waals surface area contributed by atoms with Crippen LogP contribution in [-0.2, 0) is 23.1 Å². The minimum Gasteiger partial charge on any atom is -0.379 e. The topological polar surface area (TPSA) is 74.2 Å². The second-order valence-electron chi connectivity index (χ2n) is 18.9. The molecule has 2 unspecified atom stereocenters. The first-order valence-electron chi connectivity index (χ1n) is 26.1. The van der Waals surface area contributed by atoms with E-state index < -0.39 is 7.82 Å². The smallest absolute Gasteiger partial charge is 0.379 e. The maximum absolute atomic E-state index is 12.5. The summed E-state index contributed by atoms with van der Waals surface area (Å²) in [5.74, 6) is 0. The molecule has 1 N–H and O–H groups in total. The van der Waals surface area contributed by atoms with E-state index in [1.54, 1.807) is 0 Å². The first kappa shape index (κ1) is 59.5. The molecule has 0 spiro atoms. The van der Waals surface area contributed by atoms with Gasteiger partial charge in [-0.25, -0.2) is 4.57 Å². The van der Waals surface area contributed by atoms with Gasteiger partial charge >= 0.3 is 7.82 Å². The molecule has 0 aliphatic rings. The monoisotopic (exact) mass is 871 g/mol. The Morgan fingerprint density at radius 2 is 0.767 bits per heavy atom. The average Bonchev–Trinajstić information content (AvgIpc) is 3.21. The quantitative estimate of drug-likeness (QED) is 0.0284. The number of phosphoric acid groups is 1. The van der Waals surface area contributed by atoms with Crippen molar-refractivity contribution in [2.24, 2.45) is 0 Å². The van der Waals surface area contributed by atoms with Crippen molar-refractivity contribution in [3.63, 3.8) is 0 Å². The third-order valence-corrected chi connectivity index (χ3v) is 12.5. The maximum atomic E-state index is 12.5. The fraction of sp³-hybridized carbons (Fsp3) is 0.923. The molecule has 0 aliphatic heterocycles. The third-order valence-electron chi connectivity index (χ3n) is 11.6. The lowest BCUT2D eigenvalue weighted by Crippen LogP contribution is -2.37. The van der Waals surface area contributed by atoms with E-state index in [1.165, 1.54) is 212 Å². The van der Waals surface area contributed by atoms with Crippen molar-refractivity contribution < 1.29 is 32.5 Å². The van der Waals surface area contributed by atoms with Gasteiger partial charge in [-0.15, -0.1) is 0 Å².